The fourth-order valence-corrected chi connectivity index (χ4v) is 4.94. The zero-order chi connectivity index (χ0) is 21.1. The minimum absolute atomic E-state index is 0.0838. The predicted molar refractivity (Wildman–Crippen MR) is 120 cm³/mol. The molecule has 5 heteroatoms. The Kier molecular flexibility index (Phi) is 6.89. The molecular weight excluding hydrogens is 378 g/mol. The molecule has 1 aromatic carbocycles. The van der Waals surface area contributed by atoms with Gasteiger partial charge in [-0.15, -0.1) is 0 Å². The summed E-state index contributed by atoms with van der Waals surface area (Å²) < 4.78 is 18.5. The lowest BCUT2D eigenvalue weighted by atomic mass is 9.81. The number of rotatable bonds is 8. The van der Waals surface area contributed by atoms with Crippen LogP contribution in [0.5, 0.6) is 5.75 Å². The minimum atomic E-state index is -1.95. The number of hydrogen-bond donors (Lipinski definition) is 0. The molecule has 29 heavy (non-hydrogen) atoms. The molecule has 0 saturated carbocycles. The smallest absolute Gasteiger partial charge is 0.222 e. The van der Waals surface area contributed by atoms with Crippen LogP contribution in [-0.2, 0) is 17.3 Å². The Bertz CT molecular complexity index is 780. The normalized spacial score (nSPS) is 18.3. The largest absolute Gasteiger partial charge is 0.494 e. The number of aromatic nitrogens is 1. The third-order valence-electron chi connectivity index (χ3n) is 6.56. The zero-order valence-electron chi connectivity index (χ0n) is 19.0. The molecule has 0 bridgehead atoms. The van der Waals surface area contributed by atoms with Gasteiger partial charge in [0.15, 0.2) is 8.32 Å². The first kappa shape index (κ1) is 22.1. The highest BCUT2D eigenvalue weighted by Crippen LogP contribution is 2.44. The van der Waals surface area contributed by atoms with E-state index in [-0.39, 0.29) is 11.1 Å². The Labute approximate surface area is 177 Å². The molecule has 0 amide bonds. The van der Waals surface area contributed by atoms with Crippen LogP contribution in [0.3, 0.4) is 0 Å². The van der Waals surface area contributed by atoms with Gasteiger partial charge < -0.3 is 13.6 Å². The van der Waals surface area contributed by atoms with Gasteiger partial charge in [0.1, 0.15) is 18.1 Å². The highest BCUT2D eigenvalue weighted by Gasteiger charge is 2.43. The van der Waals surface area contributed by atoms with E-state index < -0.39 is 8.32 Å². The Morgan fingerprint density at radius 2 is 2.03 bits per heavy atom. The molecule has 1 aromatic heterocycles. The van der Waals surface area contributed by atoms with Crippen molar-refractivity contribution in [3.63, 3.8) is 0 Å². The highest BCUT2D eigenvalue weighted by molar-refractivity contribution is 6.74. The number of ether oxygens (including phenoxy) is 1. The van der Waals surface area contributed by atoms with Gasteiger partial charge in [0.25, 0.3) is 0 Å². The van der Waals surface area contributed by atoms with Crippen molar-refractivity contribution >= 4 is 8.32 Å². The van der Waals surface area contributed by atoms with Crippen LogP contribution < -0.4 is 4.74 Å². The van der Waals surface area contributed by atoms with Crippen LogP contribution in [0.15, 0.2) is 35.1 Å². The van der Waals surface area contributed by atoms with Gasteiger partial charge in [0, 0.05) is 0 Å². The predicted octanol–water partition coefficient (Wildman–Crippen LogP) is 6.72. The van der Waals surface area contributed by atoms with Crippen molar-refractivity contribution in [3.8, 4) is 5.75 Å². The molecule has 0 fully saturated rings. The number of nitrogens with zero attached hydrogens (tertiary/aromatic N) is 1. The maximum atomic E-state index is 6.85. The standard InChI is InChI=1S/C24H37NO3Si/c1-7-8-14-26-21-12-11-18-16-20(10-9-19(18)17-21)22(23-25-13-15-27-23)28-29(5,6)24(2,3)4/h11-13,15,17,20,22H,7-10,14,16H2,1-6H3. The summed E-state index contributed by atoms with van der Waals surface area (Å²) in [5.41, 5.74) is 2.81. The summed E-state index contributed by atoms with van der Waals surface area (Å²) in [5.74, 6) is 2.10. The highest BCUT2D eigenvalue weighted by atomic mass is 28.4. The van der Waals surface area contributed by atoms with Gasteiger partial charge in [-0.25, -0.2) is 4.98 Å². The molecule has 3 rings (SSSR count). The summed E-state index contributed by atoms with van der Waals surface area (Å²) in [7, 11) is -1.95. The zero-order valence-corrected chi connectivity index (χ0v) is 20.0. The molecule has 0 saturated heterocycles. The van der Waals surface area contributed by atoms with E-state index in [4.69, 9.17) is 13.6 Å². The van der Waals surface area contributed by atoms with E-state index in [2.05, 4.69) is 64.0 Å². The first-order valence-corrected chi connectivity index (χ1v) is 13.9. The number of hydrogen-bond acceptors (Lipinski definition) is 4. The van der Waals surface area contributed by atoms with Crippen molar-refractivity contribution in [1.29, 1.82) is 0 Å². The average Bonchev–Trinajstić information content (AvgIpc) is 3.19. The average molecular weight is 416 g/mol. The molecule has 2 unspecified atom stereocenters. The van der Waals surface area contributed by atoms with Gasteiger partial charge in [0.05, 0.1) is 12.8 Å². The Balaban J connectivity index is 1.77. The number of aryl methyl sites for hydroxylation is 1. The van der Waals surface area contributed by atoms with Gasteiger partial charge in [-0.05, 0) is 73.0 Å². The second-order valence-corrected chi connectivity index (χ2v) is 14.6. The van der Waals surface area contributed by atoms with Gasteiger partial charge in [0.2, 0.25) is 5.89 Å². The molecule has 1 heterocycles. The van der Waals surface area contributed by atoms with Gasteiger partial charge >= 0.3 is 0 Å². The van der Waals surface area contributed by atoms with Crippen molar-refractivity contribution in [2.75, 3.05) is 6.61 Å². The van der Waals surface area contributed by atoms with E-state index >= 15 is 0 Å². The monoisotopic (exact) mass is 415 g/mol. The Hall–Kier alpha value is -1.59. The fraction of sp³-hybridized carbons (Fsp3) is 0.625. The molecule has 0 radical (unpaired) electrons. The van der Waals surface area contributed by atoms with Crippen LogP contribution in [0, 0.1) is 5.92 Å². The minimum Gasteiger partial charge on any atom is -0.494 e. The first-order chi connectivity index (χ1) is 13.7. The van der Waals surface area contributed by atoms with Crippen LogP contribution in [-0.4, -0.2) is 19.9 Å². The number of fused-ring (bicyclic) bond motifs is 1. The van der Waals surface area contributed by atoms with E-state index in [1.807, 2.05) is 0 Å². The van der Waals surface area contributed by atoms with Crippen LogP contribution in [0.1, 0.15) is 70.1 Å². The number of oxazole rings is 1. The molecule has 2 aromatic rings. The Morgan fingerprint density at radius 3 is 2.69 bits per heavy atom. The molecule has 1 aliphatic carbocycles. The van der Waals surface area contributed by atoms with E-state index in [0.717, 1.165) is 50.4 Å². The van der Waals surface area contributed by atoms with Crippen molar-refractivity contribution in [2.24, 2.45) is 5.92 Å². The summed E-state index contributed by atoms with van der Waals surface area (Å²) in [4.78, 5) is 4.48. The van der Waals surface area contributed by atoms with Crippen molar-refractivity contribution in [1.82, 2.24) is 4.98 Å². The van der Waals surface area contributed by atoms with Crippen LogP contribution >= 0.6 is 0 Å². The SMILES string of the molecule is CCCCOc1ccc2c(c1)CCC(C(O[Si](C)(C)C(C)(C)C)c1ncco1)C2. The van der Waals surface area contributed by atoms with Crippen molar-refractivity contribution in [2.45, 2.75) is 84.0 Å². The summed E-state index contributed by atoms with van der Waals surface area (Å²) >= 11 is 0. The molecule has 160 valence electrons. The molecular formula is C24H37NO3Si. The molecule has 0 N–H and O–H groups in total. The first-order valence-electron chi connectivity index (χ1n) is 11.0. The van der Waals surface area contributed by atoms with E-state index in [1.165, 1.54) is 11.1 Å². The van der Waals surface area contributed by atoms with Gasteiger partial charge in [-0.1, -0.05) is 40.2 Å². The second-order valence-electron chi connectivity index (χ2n) is 9.80. The van der Waals surface area contributed by atoms with Gasteiger partial charge in [-0.3, -0.25) is 0 Å². The molecule has 0 aliphatic heterocycles. The van der Waals surface area contributed by atoms with E-state index in [1.54, 1.807) is 12.5 Å². The quantitative estimate of drug-likeness (QED) is 0.354. The fourth-order valence-electron chi connectivity index (χ4n) is 3.66. The van der Waals surface area contributed by atoms with E-state index in [0.29, 0.717) is 5.92 Å². The maximum Gasteiger partial charge on any atom is 0.222 e. The summed E-state index contributed by atoms with van der Waals surface area (Å²) in [6.07, 6.45) is 8.68. The third-order valence-corrected chi connectivity index (χ3v) is 11.0. The molecule has 0 spiro atoms. The molecule has 4 nitrogen and oxygen atoms in total. The Morgan fingerprint density at radius 1 is 1.24 bits per heavy atom. The van der Waals surface area contributed by atoms with Crippen LogP contribution in [0.25, 0.3) is 0 Å². The summed E-state index contributed by atoms with van der Waals surface area (Å²) in [6.45, 7) is 14.4. The van der Waals surface area contributed by atoms with Gasteiger partial charge in [-0.2, -0.15) is 0 Å². The molecule has 1 aliphatic rings. The molecule has 2 atom stereocenters. The number of benzene rings is 1. The van der Waals surface area contributed by atoms with Crippen LogP contribution in [0.2, 0.25) is 18.1 Å². The number of unbranched alkanes of at least 4 members (excludes halogenated alkanes) is 1. The maximum absolute atomic E-state index is 6.85. The summed E-state index contributed by atoms with van der Waals surface area (Å²) in [6, 6.07) is 6.59. The van der Waals surface area contributed by atoms with E-state index in [9.17, 15) is 0 Å². The lowest BCUT2D eigenvalue weighted by molar-refractivity contribution is 0.0825. The topological polar surface area (TPSA) is 44.5 Å². The van der Waals surface area contributed by atoms with Crippen molar-refractivity contribution < 1.29 is 13.6 Å². The lowest BCUT2D eigenvalue weighted by Gasteiger charge is -2.41. The third kappa shape index (κ3) is 5.31. The van der Waals surface area contributed by atoms with Crippen molar-refractivity contribution in [3.05, 3.63) is 47.7 Å². The summed E-state index contributed by atoms with van der Waals surface area (Å²) in [5, 5.41) is 0.148. The van der Waals surface area contributed by atoms with Crippen LogP contribution in [0.4, 0.5) is 0 Å². The lowest BCUT2D eigenvalue weighted by Crippen LogP contribution is -2.43. The second kappa shape index (κ2) is 9.05.